The summed E-state index contributed by atoms with van der Waals surface area (Å²) in [6.07, 6.45) is 4.92. The monoisotopic (exact) mass is 344 g/mol. The summed E-state index contributed by atoms with van der Waals surface area (Å²) in [6.45, 7) is 3.68. The van der Waals surface area contributed by atoms with E-state index in [2.05, 4.69) is 37.7 Å². The van der Waals surface area contributed by atoms with Crippen molar-refractivity contribution in [2.45, 2.75) is 39.2 Å². The summed E-state index contributed by atoms with van der Waals surface area (Å²) in [7, 11) is 3.42. The lowest BCUT2D eigenvalue weighted by atomic mass is 10.2. The highest BCUT2D eigenvalue weighted by molar-refractivity contribution is 5.79. The molecule has 7 heteroatoms. The molecular formula is C18H28N6O. The van der Waals surface area contributed by atoms with Gasteiger partial charge in [-0.3, -0.25) is 10.1 Å². The van der Waals surface area contributed by atoms with Crippen LogP contribution in [0.25, 0.3) is 11.4 Å². The van der Waals surface area contributed by atoms with Crippen molar-refractivity contribution < 1.29 is 4.74 Å². The fourth-order valence-corrected chi connectivity index (χ4v) is 2.39. The van der Waals surface area contributed by atoms with Crippen LogP contribution in [0.5, 0.6) is 5.75 Å². The van der Waals surface area contributed by atoms with E-state index in [4.69, 9.17) is 4.74 Å². The van der Waals surface area contributed by atoms with E-state index in [-0.39, 0.29) is 0 Å². The summed E-state index contributed by atoms with van der Waals surface area (Å²) in [5.74, 6) is 3.02. The molecule has 0 atom stereocenters. The van der Waals surface area contributed by atoms with Crippen LogP contribution in [0.15, 0.2) is 29.3 Å². The Kier molecular flexibility index (Phi) is 7.75. The highest BCUT2D eigenvalue weighted by Gasteiger charge is 2.07. The Hall–Kier alpha value is -2.57. The van der Waals surface area contributed by atoms with Crippen LogP contribution in [0, 0.1) is 0 Å². The first-order valence-corrected chi connectivity index (χ1v) is 8.77. The lowest BCUT2D eigenvalue weighted by molar-refractivity contribution is 0.415. The van der Waals surface area contributed by atoms with E-state index in [0.29, 0.717) is 12.4 Å². The summed E-state index contributed by atoms with van der Waals surface area (Å²) in [4.78, 5) is 8.73. The predicted octanol–water partition coefficient (Wildman–Crippen LogP) is 2.73. The second-order valence-corrected chi connectivity index (χ2v) is 5.75. The van der Waals surface area contributed by atoms with Crippen molar-refractivity contribution in [3.63, 3.8) is 0 Å². The van der Waals surface area contributed by atoms with E-state index < -0.39 is 0 Å². The van der Waals surface area contributed by atoms with E-state index in [1.54, 1.807) is 14.2 Å². The Morgan fingerprint density at radius 1 is 1.16 bits per heavy atom. The van der Waals surface area contributed by atoms with Gasteiger partial charge in [-0.25, -0.2) is 4.98 Å². The predicted molar refractivity (Wildman–Crippen MR) is 101 cm³/mol. The van der Waals surface area contributed by atoms with Gasteiger partial charge < -0.3 is 15.4 Å². The molecule has 3 N–H and O–H groups in total. The fourth-order valence-electron chi connectivity index (χ4n) is 2.39. The number of nitrogens with zero attached hydrogens (tertiary/aromatic N) is 3. The van der Waals surface area contributed by atoms with Crippen LogP contribution in [0.4, 0.5) is 0 Å². The number of H-pyrrole nitrogens is 1. The second kappa shape index (κ2) is 10.3. The van der Waals surface area contributed by atoms with Gasteiger partial charge in [0, 0.05) is 19.2 Å². The van der Waals surface area contributed by atoms with Gasteiger partial charge in [-0.15, -0.1) is 0 Å². The van der Waals surface area contributed by atoms with Crippen LogP contribution < -0.4 is 15.4 Å². The van der Waals surface area contributed by atoms with Gasteiger partial charge in [0.1, 0.15) is 11.6 Å². The summed E-state index contributed by atoms with van der Waals surface area (Å²) in [6, 6.07) is 7.67. The van der Waals surface area contributed by atoms with Crippen molar-refractivity contribution in [3.05, 3.63) is 30.1 Å². The van der Waals surface area contributed by atoms with Crippen LogP contribution >= 0.6 is 0 Å². The first kappa shape index (κ1) is 18.8. The maximum Gasteiger partial charge on any atom is 0.191 e. The van der Waals surface area contributed by atoms with Crippen LogP contribution in [-0.4, -0.2) is 41.8 Å². The number of aromatic nitrogens is 3. The first-order chi connectivity index (χ1) is 12.3. The average molecular weight is 344 g/mol. The molecule has 25 heavy (non-hydrogen) atoms. The molecule has 0 saturated carbocycles. The van der Waals surface area contributed by atoms with Crippen molar-refractivity contribution in [3.8, 4) is 17.1 Å². The molecule has 0 bridgehead atoms. The number of benzene rings is 1. The number of rotatable bonds is 9. The highest BCUT2D eigenvalue weighted by atomic mass is 16.5. The maximum absolute atomic E-state index is 5.16. The number of unbranched alkanes of at least 4 members (excludes halogenated alkanes) is 3. The summed E-state index contributed by atoms with van der Waals surface area (Å²) < 4.78 is 5.16. The third kappa shape index (κ3) is 6.10. The minimum Gasteiger partial charge on any atom is -0.497 e. The number of aliphatic imine (C=N–C) groups is 1. The zero-order valence-electron chi connectivity index (χ0n) is 15.3. The second-order valence-electron chi connectivity index (χ2n) is 5.75. The number of aromatic amines is 1. The lowest BCUT2D eigenvalue weighted by Crippen LogP contribution is -2.37. The van der Waals surface area contributed by atoms with Crippen molar-refractivity contribution in [2.75, 3.05) is 20.7 Å². The average Bonchev–Trinajstić information content (AvgIpc) is 3.13. The molecule has 1 heterocycles. The Labute approximate surface area is 149 Å². The molecule has 0 amide bonds. The molecule has 2 aromatic rings. The van der Waals surface area contributed by atoms with E-state index in [0.717, 1.165) is 36.1 Å². The number of hydrogen-bond donors (Lipinski definition) is 3. The molecule has 0 unspecified atom stereocenters. The quantitative estimate of drug-likeness (QED) is 0.370. The molecule has 0 radical (unpaired) electrons. The van der Waals surface area contributed by atoms with Gasteiger partial charge in [0.15, 0.2) is 11.8 Å². The normalized spacial score (nSPS) is 11.4. The van der Waals surface area contributed by atoms with Crippen LogP contribution in [0.3, 0.4) is 0 Å². The van der Waals surface area contributed by atoms with Gasteiger partial charge in [0.25, 0.3) is 0 Å². The Bertz CT molecular complexity index is 650. The van der Waals surface area contributed by atoms with Gasteiger partial charge >= 0.3 is 0 Å². The highest BCUT2D eigenvalue weighted by Crippen LogP contribution is 2.18. The molecule has 7 nitrogen and oxygen atoms in total. The van der Waals surface area contributed by atoms with E-state index in [9.17, 15) is 0 Å². The number of nitrogens with one attached hydrogen (secondary N) is 3. The molecule has 1 aromatic heterocycles. The van der Waals surface area contributed by atoms with Gasteiger partial charge in [-0.05, 0) is 30.7 Å². The Morgan fingerprint density at radius 2 is 1.96 bits per heavy atom. The maximum atomic E-state index is 5.16. The largest absolute Gasteiger partial charge is 0.497 e. The minimum atomic E-state index is 0.539. The zero-order valence-corrected chi connectivity index (χ0v) is 15.3. The molecule has 0 fully saturated rings. The van der Waals surface area contributed by atoms with Crippen molar-refractivity contribution in [1.82, 2.24) is 25.8 Å². The molecular weight excluding hydrogens is 316 g/mol. The molecule has 0 spiro atoms. The molecule has 136 valence electrons. The number of hydrogen-bond acceptors (Lipinski definition) is 4. The standard InChI is InChI=1S/C18H28N6O/c1-4-5-6-7-12-20-18(19-2)21-13-16-22-17(24-23-16)14-8-10-15(25-3)11-9-14/h8-11H,4-7,12-13H2,1-3H3,(H2,19,20,21)(H,22,23,24). The summed E-state index contributed by atoms with van der Waals surface area (Å²) in [5.41, 5.74) is 0.946. The summed E-state index contributed by atoms with van der Waals surface area (Å²) >= 11 is 0. The van der Waals surface area contributed by atoms with Gasteiger partial charge in [0.05, 0.1) is 13.7 Å². The number of ether oxygens (including phenoxy) is 1. The van der Waals surface area contributed by atoms with Gasteiger partial charge in [0.2, 0.25) is 0 Å². The molecule has 0 aliphatic carbocycles. The van der Waals surface area contributed by atoms with Gasteiger partial charge in [-0.2, -0.15) is 5.10 Å². The van der Waals surface area contributed by atoms with Crippen molar-refractivity contribution >= 4 is 5.96 Å². The van der Waals surface area contributed by atoms with Crippen LogP contribution in [-0.2, 0) is 6.54 Å². The van der Waals surface area contributed by atoms with Gasteiger partial charge in [-0.1, -0.05) is 26.2 Å². The number of guanidine groups is 1. The molecule has 0 saturated heterocycles. The molecule has 0 aliphatic rings. The number of methoxy groups -OCH3 is 1. The van der Waals surface area contributed by atoms with Crippen LogP contribution in [0.1, 0.15) is 38.4 Å². The Balaban J connectivity index is 1.81. The Morgan fingerprint density at radius 3 is 2.64 bits per heavy atom. The molecule has 0 aliphatic heterocycles. The summed E-state index contributed by atoms with van der Waals surface area (Å²) in [5, 5.41) is 13.8. The van der Waals surface area contributed by atoms with E-state index in [1.165, 1.54) is 19.3 Å². The topological polar surface area (TPSA) is 87.2 Å². The molecule has 1 aromatic carbocycles. The fraction of sp³-hybridized carbons (Fsp3) is 0.500. The van der Waals surface area contributed by atoms with E-state index >= 15 is 0 Å². The minimum absolute atomic E-state index is 0.539. The van der Waals surface area contributed by atoms with E-state index in [1.807, 2.05) is 24.3 Å². The molecule has 2 rings (SSSR count). The lowest BCUT2D eigenvalue weighted by Gasteiger charge is -2.10. The smallest absolute Gasteiger partial charge is 0.191 e. The zero-order chi connectivity index (χ0) is 17.9. The van der Waals surface area contributed by atoms with Crippen LogP contribution in [0.2, 0.25) is 0 Å². The third-order valence-electron chi connectivity index (χ3n) is 3.85. The third-order valence-corrected chi connectivity index (χ3v) is 3.85. The van der Waals surface area contributed by atoms with Crippen molar-refractivity contribution in [2.24, 2.45) is 4.99 Å². The van der Waals surface area contributed by atoms with Crippen molar-refractivity contribution in [1.29, 1.82) is 0 Å². The first-order valence-electron chi connectivity index (χ1n) is 8.77. The SMILES string of the molecule is CCCCCCNC(=NC)NCc1nc(-c2ccc(OC)cc2)n[nH]1.